The highest BCUT2D eigenvalue weighted by atomic mass is 16.5. The van der Waals surface area contributed by atoms with Crippen LogP contribution in [-0.2, 0) is 4.74 Å². The van der Waals surface area contributed by atoms with Crippen molar-refractivity contribution in [2.45, 2.75) is 19.8 Å². The van der Waals surface area contributed by atoms with Crippen molar-refractivity contribution in [3.8, 4) is 0 Å². The molecule has 2 N–H and O–H groups in total. The lowest BCUT2D eigenvalue weighted by Gasteiger charge is -2.05. The van der Waals surface area contributed by atoms with E-state index in [2.05, 4.69) is 6.92 Å². The number of allylic oxidation sites excluding steroid dienone is 1. The monoisotopic (exact) mass is 219 g/mol. The Labute approximate surface area is 95.9 Å². The van der Waals surface area contributed by atoms with E-state index in [1.165, 1.54) is 0 Å². The van der Waals surface area contributed by atoms with Crippen LogP contribution < -0.4 is 5.73 Å². The second-order valence-corrected chi connectivity index (χ2v) is 3.39. The molecule has 1 rings (SSSR count). The molecule has 3 nitrogen and oxygen atoms in total. The van der Waals surface area contributed by atoms with E-state index in [0.29, 0.717) is 17.9 Å². The van der Waals surface area contributed by atoms with E-state index in [1.807, 2.05) is 12.2 Å². The molecule has 0 atom stereocenters. The number of benzene rings is 1. The summed E-state index contributed by atoms with van der Waals surface area (Å²) in [7, 11) is 0. The van der Waals surface area contributed by atoms with Crippen LogP contribution in [0.5, 0.6) is 0 Å². The zero-order valence-electron chi connectivity index (χ0n) is 9.48. The topological polar surface area (TPSA) is 52.3 Å². The summed E-state index contributed by atoms with van der Waals surface area (Å²) >= 11 is 0. The molecular weight excluding hydrogens is 202 g/mol. The predicted molar refractivity (Wildman–Crippen MR) is 65.2 cm³/mol. The second-order valence-electron chi connectivity index (χ2n) is 3.39. The molecule has 0 unspecified atom stereocenters. The first-order valence-corrected chi connectivity index (χ1v) is 5.42. The maximum absolute atomic E-state index is 11.6. The molecule has 0 saturated heterocycles. The Kier molecular flexibility index (Phi) is 5.12. The molecule has 0 aromatic heterocycles. The minimum Gasteiger partial charge on any atom is -0.462 e. The molecule has 0 bridgehead atoms. The van der Waals surface area contributed by atoms with Crippen LogP contribution in [0, 0.1) is 0 Å². The van der Waals surface area contributed by atoms with Gasteiger partial charge in [0.05, 0.1) is 12.2 Å². The Morgan fingerprint density at radius 2 is 2.12 bits per heavy atom. The number of nitrogens with two attached hydrogens (primary N) is 1. The van der Waals surface area contributed by atoms with E-state index in [1.54, 1.807) is 24.3 Å². The SMILES string of the molecule is CC/C=C\CCOC(=O)c1ccccc1N. The number of hydrogen-bond acceptors (Lipinski definition) is 3. The molecule has 0 spiro atoms. The van der Waals surface area contributed by atoms with Crippen LogP contribution in [0.15, 0.2) is 36.4 Å². The summed E-state index contributed by atoms with van der Waals surface area (Å²) in [6.07, 6.45) is 5.79. The van der Waals surface area contributed by atoms with Crippen LogP contribution in [0.1, 0.15) is 30.1 Å². The molecule has 86 valence electrons. The van der Waals surface area contributed by atoms with Crippen LogP contribution >= 0.6 is 0 Å². The van der Waals surface area contributed by atoms with E-state index in [-0.39, 0.29) is 5.97 Å². The summed E-state index contributed by atoms with van der Waals surface area (Å²) in [6, 6.07) is 6.91. The predicted octanol–water partition coefficient (Wildman–Crippen LogP) is 2.78. The quantitative estimate of drug-likeness (QED) is 0.358. The average molecular weight is 219 g/mol. The van der Waals surface area contributed by atoms with Gasteiger partial charge in [0.2, 0.25) is 0 Å². The van der Waals surface area contributed by atoms with Gasteiger partial charge in [-0.15, -0.1) is 0 Å². The van der Waals surface area contributed by atoms with Gasteiger partial charge in [0.25, 0.3) is 0 Å². The third-order valence-corrected chi connectivity index (χ3v) is 2.10. The van der Waals surface area contributed by atoms with Crippen molar-refractivity contribution in [3.63, 3.8) is 0 Å². The van der Waals surface area contributed by atoms with Crippen molar-refractivity contribution in [1.29, 1.82) is 0 Å². The zero-order valence-corrected chi connectivity index (χ0v) is 9.48. The number of ether oxygens (including phenoxy) is 1. The van der Waals surface area contributed by atoms with Gasteiger partial charge in [-0.25, -0.2) is 4.79 Å². The van der Waals surface area contributed by atoms with Crippen molar-refractivity contribution in [1.82, 2.24) is 0 Å². The van der Waals surface area contributed by atoms with Crippen molar-refractivity contribution in [2.75, 3.05) is 12.3 Å². The molecule has 0 saturated carbocycles. The third kappa shape index (κ3) is 3.77. The first-order chi connectivity index (χ1) is 7.75. The van der Waals surface area contributed by atoms with Gasteiger partial charge >= 0.3 is 5.97 Å². The molecule has 0 heterocycles. The highest BCUT2D eigenvalue weighted by Gasteiger charge is 2.08. The molecule has 0 aliphatic rings. The smallest absolute Gasteiger partial charge is 0.340 e. The van der Waals surface area contributed by atoms with Gasteiger partial charge in [0.15, 0.2) is 0 Å². The van der Waals surface area contributed by atoms with E-state index in [9.17, 15) is 4.79 Å². The number of anilines is 1. The summed E-state index contributed by atoms with van der Waals surface area (Å²) in [4.78, 5) is 11.6. The van der Waals surface area contributed by atoms with Crippen molar-refractivity contribution in [2.24, 2.45) is 0 Å². The molecule has 16 heavy (non-hydrogen) atoms. The van der Waals surface area contributed by atoms with Crippen molar-refractivity contribution in [3.05, 3.63) is 42.0 Å². The number of hydrogen-bond donors (Lipinski definition) is 1. The van der Waals surface area contributed by atoms with E-state index < -0.39 is 0 Å². The molecule has 1 aromatic carbocycles. The first kappa shape index (κ1) is 12.3. The van der Waals surface area contributed by atoms with Gasteiger partial charge < -0.3 is 10.5 Å². The van der Waals surface area contributed by atoms with Crippen molar-refractivity contribution < 1.29 is 9.53 Å². The fourth-order valence-corrected chi connectivity index (χ4v) is 1.26. The Balaban J connectivity index is 2.41. The Hall–Kier alpha value is -1.77. The second kappa shape index (κ2) is 6.67. The van der Waals surface area contributed by atoms with E-state index in [4.69, 9.17) is 10.5 Å². The number of esters is 1. The van der Waals surface area contributed by atoms with E-state index in [0.717, 1.165) is 12.8 Å². The standard InChI is InChI=1S/C13H17NO2/c1-2-3-4-7-10-16-13(15)11-8-5-6-9-12(11)14/h3-6,8-9H,2,7,10,14H2,1H3/b4-3-. The lowest BCUT2D eigenvalue weighted by atomic mass is 10.2. The number of carbonyl (C=O) groups excluding carboxylic acids is 1. The molecule has 0 amide bonds. The van der Waals surface area contributed by atoms with Gasteiger partial charge in [-0.2, -0.15) is 0 Å². The number of para-hydroxylation sites is 1. The van der Waals surface area contributed by atoms with Crippen LogP contribution in [0.3, 0.4) is 0 Å². The highest BCUT2D eigenvalue weighted by molar-refractivity contribution is 5.94. The molecule has 0 radical (unpaired) electrons. The van der Waals surface area contributed by atoms with Crippen LogP contribution in [0.25, 0.3) is 0 Å². The fraction of sp³-hybridized carbons (Fsp3) is 0.308. The molecule has 1 aromatic rings. The molecular formula is C13H17NO2. The normalized spacial score (nSPS) is 10.6. The minimum absolute atomic E-state index is 0.358. The number of rotatable bonds is 5. The molecule has 3 heteroatoms. The Morgan fingerprint density at radius 3 is 2.81 bits per heavy atom. The van der Waals surface area contributed by atoms with Crippen LogP contribution in [-0.4, -0.2) is 12.6 Å². The summed E-state index contributed by atoms with van der Waals surface area (Å²) in [5.74, 6) is -0.358. The van der Waals surface area contributed by atoms with Crippen LogP contribution in [0.2, 0.25) is 0 Å². The van der Waals surface area contributed by atoms with Crippen molar-refractivity contribution >= 4 is 11.7 Å². The maximum Gasteiger partial charge on any atom is 0.340 e. The molecule has 0 aliphatic heterocycles. The summed E-state index contributed by atoms with van der Waals surface area (Å²) in [6.45, 7) is 2.46. The maximum atomic E-state index is 11.6. The Morgan fingerprint density at radius 1 is 1.38 bits per heavy atom. The third-order valence-electron chi connectivity index (χ3n) is 2.10. The molecule has 0 fully saturated rings. The highest BCUT2D eigenvalue weighted by Crippen LogP contribution is 2.11. The number of carbonyl (C=O) groups is 1. The van der Waals surface area contributed by atoms with Gasteiger partial charge in [-0.05, 0) is 25.0 Å². The number of nitrogen functional groups attached to an aromatic ring is 1. The van der Waals surface area contributed by atoms with Gasteiger partial charge in [-0.3, -0.25) is 0 Å². The largest absolute Gasteiger partial charge is 0.462 e. The Bertz CT molecular complexity index is 372. The minimum atomic E-state index is -0.358. The lowest BCUT2D eigenvalue weighted by molar-refractivity contribution is 0.0513. The summed E-state index contributed by atoms with van der Waals surface area (Å²) in [5.41, 5.74) is 6.55. The zero-order chi connectivity index (χ0) is 11.8. The van der Waals surface area contributed by atoms with Gasteiger partial charge in [-0.1, -0.05) is 31.2 Å². The summed E-state index contributed by atoms with van der Waals surface area (Å²) in [5, 5.41) is 0. The van der Waals surface area contributed by atoms with Gasteiger partial charge in [0, 0.05) is 5.69 Å². The van der Waals surface area contributed by atoms with E-state index >= 15 is 0 Å². The van der Waals surface area contributed by atoms with Crippen LogP contribution in [0.4, 0.5) is 5.69 Å². The lowest BCUT2D eigenvalue weighted by Crippen LogP contribution is -2.08. The molecule has 0 aliphatic carbocycles. The first-order valence-electron chi connectivity index (χ1n) is 5.42. The average Bonchev–Trinajstić information content (AvgIpc) is 2.29. The summed E-state index contributed by atoms with van der Waals surface area (Å²) < 4.78 is 5.09. The van der Waals surface area contributed by atoms with Gasteiger partial charge in [0.1, 0.15) is 0 Å². The fourth-order valence-electron chi connectivity index (χ4n) is 1.26.